The molecule has 0 fully saturated rings. The first-order valence-electron chi connectivity index (χ1n) is 2.93. The first kappa shape index (κ1) is 8.01. The molecule has 3 heteroatoms. The highest BCUT2D eigenvalue weighted by Crippen LogP contribution is 2.00. The molecule has 0 spiro atoms. The predicted octanol–water partition coefficient (Wildman–Crippen LogP) is 0.114. The second-order valence-electron chi connectivity index (χ2n) is 1.81. The van der Waals surface area contributed by atoms with Crippen molar-refractivity contribution in [3.8, 4) is 0 Å². The van der Waals surface area contributed by atoms with E-state index in [2.05, 4.69) is 0 Å². The van der Waals surface area contributed by atoms with Crippen molar-refractivity contribution in [1.82, 2.24) is 0 Å². The highest BCUT2D eigenvalue weighted by Gasteiger charge is 1.99. The van der Waals surface area contributed by atoms with Gasteiger partial charge >= 0.3 is 0 Å². The van der Waals surface area contributed by atoms with E-state index in [1.165, 1.54) is 6.20 Å². The van der Waals surface area contributed by atoms with Gasteiger partial charge in [-0.2, -0.15) is 0 Å². The zero-order chi connectivity index (χ0) is 7.28. The Hall–Kier alpha value is -0.990. The normalized spacial score (nSPS) is 11.4. The predicted molar refractivity (Wildman–Crippen MR) is 36.4 cm³/mol. The summed E-state index contributed by atoms with van der Waals surface area (Å²) < 4.78 is 0. The number of amides is 1. The molecule has 9 heavy (non-hydrogen) atoms. The van der Waals surface area contributed by atoms with Gasteiger partial charge in [0.25, 0.3) is 0 Å². The Kier molecular flexibility index (Phi) is 3.51. The molecule has 0 bridgehead atoms. The molecule has 0 aromatic carbocycles. The maximum atomic E-state index is 10.4. The van der Waals surface area contributed by atoms with Crippen molar-refractivity contribution in [1.29, 1.82) is 0 Å². The Bertz CT molecular complexity index is 129. The van der Waals surface area contributed by atoms with Crippen LogP contribution < -0.4 is 11.5 Å². The molecule has 52 valence electrons. The second-order valence-corrected chi connectivity index (χ2v) is 1.81. The Balaban J connectivity index is 3.85. The van der Waals surface area contributed by atoms with Crippen molar-refractivity contribution in [3.63, 3.8) is 0 Å². The summed E-state index contributed by atoms with van der Waals surface area (Å²) in [5.74, 6) is -0.417. The number of carbonyl (C=O) groups excluding carboxylic acids is 1. The molecule has 0 saturated heterocycles. The molecule has 0 aliphatic heterocycles. The van der Waals surface area contributed by atoms with Gasteiger partial charge in [-0.3, -0.25) is 4.79 Å². The lowest BCUT2D eigenvalue weighted by atomic mass is 10.1. The summed E-state index contributed by atoms with van der Waals surface area (Å²) in [4.78, 5) is 10.4. The van der Waals surface area contributed by atoms with E-state index in [0.29, 0.717) is 12.0 Å². The summed E-state index contributed by atoms with van der Waals surface area (Å²) in [5, 5.41) is 0. The molecular weight excluding hydrogens is 116 g/mol. The Morgan fingerprint density at radius 3 is 2.33 bits per heavy atom. The molecule has 0 atom stereocenters. The molecule has 0 aromatic heterocycles. The van der Waals surface area contributed by atoms with Gasteiger partial charge in [-0.25, -0.2) is 0 Å². The van der Waals surface area contributed by atoms with Crippen LogP contribution in [0.1, 0.15) is 19.8 Å². The standard InChI is InChI=1S/C6H12N2O/c1-2-3-5(4-7)6(8)9/h4H,2-3,7H2,1H3,(H2,8,9)/b5-4+. The highest BCUT2D eigenvalue weighted by molar-refractivity contribution is 5.91. The number of rotatable bonds is 3. The molecule has 0 aromatic rings. The SMILES string of the molecule is CCC/C(=C\N)C(N)=O. The minimum atomic E-state index is -0.417. The van der Waals surface area contributed by atoms with Crippen molar-refractivity contribution in [2.75, 3.05) is 0 Å². The summed E-state index contributed by atoms with van der Waals surface area (Å²) in [5.41, 5.74) is 10.6. The molecule has 0 unspecified atom stereocenters. The first-order chi connectivity index (χ1) is 4.22. The lowest BCUT2D eigenvalue weighted by Crippen LogP contribution is -2.14. The van der Waals surface area contributed by atoms with Gasteiger partial charge in [0.2, 0.25) is 5.91 Å². The molecule has 1 amide bonds. The molecule has 0 heterocycles. The quantitative estimate of drug-likeness (QED) is 0.530. The number of hydrogen-bond donors (Lipinski definition) is 2. The van der Waals surface area contributed by atoms with E-state index in [1.54, 1.807) is 0 Å². The molecule has 0 saturated carbocycles. The highest BCUT2D eigenvalue weighted by atomic mass is 16.1. The van der Waals surface area contributed by atoms with Crippen LogP contribution in [0.25, 0.3) is 0 Å². The number of carbonyl (C=O) groups is 1. The fourth-order valence-electron chi connectivity index (χ4n) is 0.558. The van der Waals surface area contributed by atoms with Gasteiger partial charge in [0.1, 0.15) is 0 Å². The maximum Gasteiger partial charge on any atom is 0.246 e. The number of primary amides is 1. The summed E-state index contributed by atoms with van der Waals surface area (Å²) in [6.07, 6.45) is 2.84. The first-order valence-corrected chi connectivity index (χ1v) is 2.93. The maximum absolute atomic E-state index is 10.4. The van der Waals surface area contributed by atoms with Gasteiger partial charge in [-0.05, 0) is 6.42 Å². The van der Waals surface area contributed by atoms with E-state index in [-0.39, 0.29) is 0 Å². The van der Waals surface area contributed by atoms with E-state index in [9.17, 15) is 4.79 Å². The van der Waals surface area contributed by atoms with Crippen molar-refractivity contribution in [2.24, 2.45) is 11.5 Å². The van der Waals surface area contributed by atoms with E-state index < -0.39 is 5.91 Å². The zero-order valence-electron chi connectivity index (χ0n) is 5.55. The second kappa shape index (κ2) is 3.95. The Labute approximate surface area is 54.7 Å². The fraction of sp³-hybridized carbons (Fsp3) is 0.500. The molecule has 0 radical (unpaired) electrons. The van der Waals surface area contributed by atoms with Gasteiger partial charge in [0.15, 0.2) is 0 Å². The van der Waals surface area contributed by atoms with Crippen LogP contribution in [0.3, 0.4) is 0 Å². The molecule has 0 rings (SSSR count). The van der Waals surface area contributed by atoms with Crippen molar-refractivity contribution < 1.29 is 4.79 Å². The molecular formula is C6H12N2O. The van der Waals surface area contributed by atoms with E-state index in [1.807, 2.05) is 6.92 Å². The lowest BCUT2D eigenvalue weighted by Gasteiger charge is -1.96. The minimum Gasteiger partial charge on any atom is -0.404 e. The van der Waals surface area contributed by atoms with Crippen LogP contribution in [-0.2, 0) is 4.79 Å². The molecule has 0 aliphatic carbocycles. The summed E-state index contributed by atoms with van der Waals surface area (Å²) >= 11 is 0. The number of nitrogens with two attached hydrogens (primary N) is 2. The van der Waals surface area contributed by atoms with Gasteiger partial charge in [0, 0.05) is 11.8 Å². The largest absolute Gasteiger partial charge is 0.404 e. The summed E-state index contributed by atoms with van der Waals surface area (Å²) in [7, 11) is 0. The third-order valence-corrected chi connectivity index (χ3v) is 1.04. The van der Waals surface area contributed by atoms with E-state index >= 15 is 0 Å². The van der Waals surface area contributed by atoms with Crippen LogP contribution in [0.4, 0.5) is 0 Å². The van der Waals surface area contributed by atoms with Crippen LogP contribution in [0.2, 0.25) is 0 Å². The third kappa shape index (κ3) is 2.74. The topological polar surface area (TPSA) is 69.1 Å². The van der Waals surface area contributed by atoms with Gasteiger partial charge in [-0.1, -0.05) is 13.3 Å². The average Bonchev–Trinajstić information content (AvgIpc) is 1.82. The van der Waals surface area contributed by atoms with Crippen LogP contribution >= 0.6 is 0 Å². The van der Waals surface area contributed by atoms with Crippen molar-refractivity contribution in [3.05, 3.63) is 11.8 Å². The Morgan fingerprint density at radius 2 is 2.22 bits per heavy atom. The molecule has 0 aliphatic rings. The smallest absolute Gasteiger partial charge is 0.246 e. The van der Waals surface area contributed by atoms with Gasteiger partial charge in [0.05, 0.1) is 0 Å². The van der Waals surface area contributed by atoms with Crippen molar-refractivity contribution in [2.45, 2.75) is 19.8 Å². The summed E-state index contributed by atoms with van der Waals surface area (Å²) in [6, 6.07) is 0. The monoisotopic (exact) mass is 128 g/mol. The van der Waals surface area contributed by atoms with E-state index in [4.69, 9.17) is 11.5 Å². The fourth-order valence-corrected chi connectivity index (χ4v) is 0.558. The van der Waals surface area contributed by atoms with Crippen LogP contribution in [0.15, 0.2) is 11.8 Å². The van der Waals surface area contributed by atoms with Gasteiger partial charge in [-0.15, -0.1) is 0 Å². The van der Waals surface area contributed by atoms with Crippen molar-refractivity contribution >= 4 is 5.91 Å². The van der Waals surface area contributed by atoms with Crippen LogP contribution in [0, 0.1) is 0 Å². The molecule has 3 nitrogen and oxygen atoms in total. The lowest BCUT2D eigenvalue weighted by molar-refractivity contribution is -0.114. The average molecular weight is 128 g/mol. The van der Waals surface area contributed by atoms with E-state index in [0.717, 1.165) is 6.42 Å². The zero-order valence-corrected chi connectivity index (χ0v) is 5.55. The minimum absolute atomic E-state index is 0.417. The molecule has 4 N–H and O–H groups in total. The van der Waals surface area contributed by atoms with Crippen LogP contribution in [-0.4, -0.2) is 5.91 Å². The Morgan fingerprint density at radius 1 is 1.67 bits per heavy atom. The van der Waals surface area contributed by atoms with Crippen LogP contribution in [0.5, 0.6) is 0 Å². The van der Waals surface area contributed by atoms with Gasteiger partial charge < -0.3 is 11.5 Å². The summed E-state index contributed by atoms with van der Waals surface area (Å²) in [6.45, 7) is 1.96. The third-order valence-electron chi connectivity index (χ3n) is 1.04. The number of hydrogen-bond acceptors (Lipinski definition) is 2.